The summed E-state index contributed by atoms with van der Waals surface area (Å²) in [5.41, 5.74) is 5.17. The summed E-state index contributed by atoms with van der Waals surface area (Å²) in [6.07, 6.45) is 3.51. The van der Waals surface area contributed by atoms with Gasteiger partial charge in [0.05, 0.1) is 4.90 Å². The molecule has 1 aliphatic carbocycles. The number of benzene rings is 4. The second kappa shape index (κ2) is 11.2. The third-order valence-corrected chi connectivity index (χ3v) is 9.42. The van der Waals surface area contributed by atoms with E-state index in [0.29, 0.717) is 35.0 Å². The largest absolute Gasteiger partial charge is 0.310 e. The summed E-state index contributed by atoms with van der Waals surface area (Å²) in [4.78, 5) is 37.7. The molecule has 1 saturated carbocycles. The maximum atomic E-state index is 13.7. The quantitative estimate of drug-likeness (QED) is 0.289. The van der Waals surface area contributed by atoms with E-state index in [4.69, 9.17) is 4.99 Å². The van der Waals surface area contributed by atoms with Gasteiger partial charge in [0.1, 0.15) is 11.9 Å². The van der Waals surface area contributed by atoms with Crippen LogP contribution in [-0.2, 0) is 21.4 Å². The van der Waals surface area contributed by atoms with Gasteiger partial charge in [-0.1, -0.05) is 91.0 Å². The molecule has 0 radical (unpaired) electrons. The first kappa shape index (κ1) is 27.7. The molecule has 2 heterocycles. The van der Waals surface area contributed by atoms with E-state index in [9.17, 15) is 18.0 Å². The van der Waals surface area contributed by atoms with E-state index >= 15 is 0 Å². The fourth-order valence-electron chi connectivity index (χ4n) is 5.62. The fourth-order valence-corrected chi connectivity index (χ4v) is 6.83. The summed E-state index contributed by atoms with van der Waals surface area (Å²) >= 11 is 0. The Balaban J connectivity index is 1.13. The molecule has 4 aromatic carbocycles. The van der Waals surface area contributed by atoms with Crippen LogP contribution in [0.3, 0.4) is 0 Å². The lowest BCUT2D eigenvalue weighted by atomic mass is 9.97. The summed E-state index contributed by atoms with van der Waals surface area (Å²) in [5.74, 6) is -0.521. The van der Waals surface area contributed by atoms with Gasteiger partial charge in [-0.05, 0) is 53.6 Å². The molecule has 2 amide bonds. The minimum Gasteiger partial charge on any atom is -0.310 e. The van der Waals surface area contributed by atoms with Gasteiger partial charge in [-0.2, -0.15) is 0 Å². The lowest BCUT2D eigenvalue weighted by Crippen LogP contribution is -2.50. The van der Waals surface area contributed by atoms with Crippen molar-refractivity contribution in [3.05, 3.63) is 132 Å². The minimum absolute atomic E-state index is 0.000122. The minimum atomic E-state index is -4.15. The van der Waals surface area contributed by atoms with Crippen LogP contribution in [0.15, 0.2) is 130 Å². The van der Waals surface area contributed by atoms with Crippen LogP contribution in [-0.4, -0.2) is 42.7 Å². The van der Waals surface area contributed by atoms with Crippen molar-refractivity contribution in [1.29, 1.82) is 0 Å². The first-order chi connectivity index (χ1) is 21.4. The molecule has 4 aromatic rings. The van der Waals surface area contributed by atoms with E-state index in [0.717, 1.165) is 29.5 Å². The molecule has 218 valence electrons. The van der Waals surface area contributed by atoms with Crippen molar-refractivity contribution in [3.8, 4) is 11.1 Å². The topological polar surface area (TPSA) is 108 Å². The monoisotopic (exact) mass is 600 g/mol. The number of amides is 2. The van der Waals surface area contributed by atoms with Gasteiger partial charge in [0.15, 0.2) is 5.71 Å². The second-order valence-corrected chi connectivity index (χ2v) is 12.7. The van der Waals surface area contributed by atoms with E-state index in [-0.39, 0.29) is 22.5 Å². The number of hydrogen-bond acceptors (Lipinski definition) is 6. The standard InChI is InChI=1S/C35H28N4O4S/c40-34(27-11-5-2-6-12-27)38-44(42,43)30-14-8-7-13-28(30)25-17-15-23(16-18-25)22-39-33(26-19-20-26)37-31-29(21-36-32(31)35(39)41)24-9-3-1-4-10-24/h1-18,21,26,33H,19-20,22H2,(H,38,40). The van der Waals surface area contributed by atoms with Crippen LogP contribution in [0.2, 0.25) is 0 Å². The Hall–Kier alpha value is -5.15. The van der Waals surface area contributed by atoms with Crippen molar-refractivity contribution >= 4 is 38.8 Å². The Morgan fingerprint density at radius 3 is 2.16 bits per heavy atom. The van der Waals surface area contributed by atoms with Gasteiger partial charge in [0.25, 0.3) is 21.8 Å². The van der Waals surface area contributed by atoms with Crippen molar-refractivity contribution in [3.63, 3.8) is 0 Å². The lowest BCUT2D eigenvalue weighted by molar-refractivity contribution is -0.127. The summed E-state index contributed by atoms with van der Waals surface area (Å²) < 4.78 is 28.7. The van der Waals surface area contributed by atoms with Crippen molar-refractivity contribution < 1.29 is 18.0 Å². The average molecular weight is 601 g/mol. The highest BCUT2D eigenvalue weighted by Crippen LogP contribution is 2.40. The fraction of sp³-hybridized carbons (Fsp3) is 0.143. The van der Waals surface area contributed by atoms with Gasteiger partial charge in [-0.3, -0.25) is 14.6 Å². The van der Waals surface area contributed by atoms with Crippen LogP contribution in [0.25, 0.3) is 16.7 Å². The van der Waals surface area contributed by atoms with Crippen LogP contribution >= 0.6 is 0 Å². The van der Waals surface area contributed by atoms with E-state index in [1.54, 1.807) is 59.6 Å². The number of aliphatic imine (C=N–C) groups is 2. The van der Waals surface area contributed by atoms with Crippen LogP contribution in [0, 0.1) is 5.92 Å². The maximum Gasteiger partial charge on any atom is 0.276 e. The van der Waals surface area contributed by atoms with Crippen molar-refractivity contribution in [2.45, 2.75) is 30.4 Å². The van der Waals surface area contributed by atoms with Gasteiger partial charge < -0.3 is 4.90 Å². The summed E-state index contributed by atoms with van der Waals surface area (Å²) in [6, 6.07) is 32.1. The summed E-state index contributed by atoms with van der Waals surface area (Å²) in [5, 5.41) is 0. The van der Waals surface area contributed by atoms with E-state index < -0.39 is 15.9 Å². The zero-order valence-corrected chi connectivity index (χ0v) is 24.4. The zero-order valence-electron chi connectivity index (χ0n) is 23.6. The first-order valence-corrected chi connectivity index (χ1v) is 15.9. The number of fused-ring (bicyclic) bond motifs is 1. The second-order valence-electron chi connectivity index (χ2n) is 11.0. The van der Waals surface area contributed by atoms with Crippen LogP contribution < -0.4 is 4.72 Å². The predicted octanol–water partition coefficient (Wildman–Crippen LogP) is 5.49. The number of carbonyl (C=O) groups excluding carboxylic acids is 2. The van der Waals surface area contributed by atoms with Crippen LogP contribution in [0.4, 0.5) is 0 Å². The Morgan fingerprint density at radius 2 is 1.45 bits per heavy atom. The first-order valence-electron chi connectivity index (χ1n) is 14.4. The van der Waals surface area contributed by atoms with Crippen LogP contribution in [0.5, 0.6) is 0 Å². The van der Waals surface area contributed by atoms with Crippen molar-refractivity contribution in [2.24, 2.45) is 15.9 Å². The number of rotatable bonds is 8. The Labute approximate surface area is 255 Å². The van der Waals surface area contributed by atoms with E-state index in [2.05, 4.69) is 9.71 Å². The highest BCUT2D eigenvalue weighted by Gasteiger charge is 2.44. The highest BCUT2D eigenvalue weighted by molar-refractivity contribution is 7.90. The molecule has 1 unspecified atom stereocenters. The Morgan fingerprint density at radius 1 is 0.795 bits per heavy atom. The number of nitrogens with one attached hydrogen (secondary N) is 1. The molecule has 1 fully saturated rings. The van der Waals surface area contributed by atoms with Gasteiger partial charge in [-0.25, -0.2) is 18.1 Å². The molecule has 3 aliphatic rings. The molecule has 1 atom stereocenters. The average Bonchev–Trinajstić information content (AvgIpc) is 3.81. The Bertz CT molecular complexity index is 1960. The lowest BCUT2D eigenvalue weighted by Gasteiger charge is -2.34. The Kier molecular flexibility index (Phi) is 7.02. The number of carbonyl (C=O) groups is 2. The van der Waals surface area contributed by atoms with Crippen LogP contribution in [0.1, 0.15) is 34.3 Å². The molecule has 9 heteroatoms. The number of nitrogens with zero attached hydrogens (tertiary/aromatic N) is 3. The smallest absolute Gasteiger partial charge is 0.276 e. The molecule has 0 spiro atoms. The number of allylic oxidation sites excluding steroid dienone is 1. The van der Waals surface area contributed by atoms with Crippen molar-refractivity contribution in [1.82, 2.24) is 9.62 Å². The molecular weight excluding hydrogens is 572 g/mol. The maximum absolute atomic E-state index is 13.7. The predicted molar refractivity (Wildman–Crippen MR) is 169 cm³/mol. The molecule has 0 saturated heterocycles. The van der Waals surface area contributed by atoms with Gasteiger partial charge in [0, 0.05) is 29.4 Å². The molecule has 7 rings (SSSR count). The van der Waals surface area contributed by atoms with Crippen molar-refractivity contribution in [2.75, 3.05) is 0 Å². The zero-order chi connectivity index (χ0) is 30.3. The molecule has 0 bridgehead atoms. The van der Waals surface area contributed by atoms with Gasteiger partial charge >= 0.3 is 0 Å². The SMILES string of the molecule is O=C(NS(=O)(=O)c1ccccc1-c1ccc(CN2C(=O)C3=NC=C(c4ccccc4)C3=NC2C2CC2)cc1)c1ccccc1. The summed E-state index contributed by atoms with van der Waals surface area (Å²) in [6.45, 7) is 0.351. The third kappa shape index (κ3) is 5.26. The molecule has 2 aliphatic heterocycles. The van der Waals surface area contributed by atoms with Gasteiger partial charge in [0.2, 0.25) is 0 Å². The number of sulfonamides is 1. The normalized spacial score (nSPS) is 17.8. The molecule has 8 nitrogen and oxygen atoms in total. The third-order valence-electron chi connectivity index (χ3n) is 8.03. The van der Waals surface area contributed by atoms with E-state index in [1.807, 2.05) is 54.6 Å². The molecule has 1 N–H and O–H groups in total. The van der Waals surface area contributed by atoms with E-state index in [1.165, 1.54) is 6.07 Å². The molecule has 44 heavy (non-hydrogen) atoms. The molecule has 0 aromatic heterocycles. The van der Waals surface area contributed by atoms with Gasteiger partial charge in [-0.15, -0.1) is 0 Å². The highest BCUT2D eigenvalue weighted by atomic mass is 32.2. The number of hydrogen-bond donors (Lipinski definition) is 1. The molecular formula is C35H28N4O4S. The summed E-state index contributed by atoms with van der Waals surface area (Å²) in [7, 11) is -4.15.